The van der Waals surface area contributed by atoms with Crippen molar-refractivity contribution in [3.05, 3.63) is 0 Å². The maximum absolute atomic E-state index is 8.50. The minimum Gasteiger partial charge on any atom is -0.381 e. The molecule has 1 rings (SSSR count). The summed E-state index contributed by atoms with van der Waals surface area (Å²) in [7, 11) is 1.81. The second-order valence-electron chi connectivity index (χ2n) is 3.06. The molecule has 62 valence electrons. The molecule has 1 saturated heterocycles. The molecule has 3 nitrogen and oxygen atoms in total. The first kappa shape index (κ1) is 8.35. The lowest BCUT2D eigenvalue weighted by molar-refractivity contribution is 0.0475. The van der Waals surface area contributed by atoms with Crippen molar-refractivity contribution in [2.45, 2.75) is 12.8 Å². The molecule has 11 heavy (non-hydrogen) atoms. The summed E-state index contributed by atoms with van der Waals surface area (Å²) in [5, 5.41) is 8.50. The third-order valence-electron chi connectivity index (χ3n) is 1.96. The van der Waals surface area contributed by atoms with E-state index < -0.39 is 0 Å². The molecule has 1 aliphatic rings. The van der Waals surface area contributed by atoms with Crippen molar-refractivity contribution in [3.8, 4) is 6.19 Å². The number of rotatable bonds is 2. The van der Waals surface area contributed by atoms with E-state index in [0.717, 1.165) is 26.2 Å². The Bertz CT molecular complexity index is 147. The van der Waals surface area contributed by atoms with Crippen LogP contribution in [0.4, 0.5) is 0 Å². The highest BCUT2D eigenvalue weighted by Gasteiger charge is 2.14. The molecular weight excluding hydrogens is 140 g/mol. The summed E-state index contributed by atoms with van der Waals surface area (Å²) >= 11 is 0. The van der Waals surface area contributed by atoms with E-state index in [1.807, 2.05) is 7.05 Å². The lowest BCUT2D eigenvalue weighted by Gasteiger charge is -2.23. The molecule has 0 aromatic carbocycles. The number of ether oxygens (including phenoxy) is 1. The summed E-state index contributed by atoms with van der Waals surface area (Å²) in [5.41, 5.74) is 0. The highest BCUT2D eigenvalue weighted by Crippen LogP contribution is 2.13. The molecular formula is C8H14N2O. The third-order valence-corrected chi connectivity index (χ3v) is 1.96. The Labute approximate surface area is 67.6 Å². The molecule has 0 saturated carbocycles. The largest absolute Gasteiger partial charge is 0.381 e. The van der Waals surface area contributed by atoms with Crippen LogP contribution >= 0.6 is 0 Å². The summed E-state index contributed by atoms with van der Waals surface area (Å²) in [6, 6.07) is 0. The minimum atomic E-state index is 0.563. The molecule has 0 radical (unpaired) electrons. The molecule has 0 N–H and O–H groups in total. The van der Waals surface area contributed by atoms with E-state index in [4.69, 9.17) is 10.00 Å². The van der Waals surface area contributed by atoms with E-state index >= 15 is 0 Å². The first-order valence-corrected chi connectivity index (χ1v) is 4.01. The summed E-state index contributed by atoms with van der Waals surface area (Å²) in [6.45, 7) is 2.56. The van der Waals surface area contributed by atoms with Gasteiger partial charge in [-0.25, -0.2) is 0 Å². The Morgan fingerprint density at radius 2 is 2.55 bits per heavy atom. The van der Waals surface area contributed by atoms with Gasteiger partial charge >= 0.3 is 0 Å². The number of hydrogen-bond donors (Lipinski definition) is 0. The van der Waals surface area contributed by atoms with Gasteiger partial charge in [-0.3, -0.25) is 0 Å². The maximum Gasteiger partial charge on any atom is 0.179 e. The van der Waals surface area contributed by atoms with Crippen molar-refractivity contribution < 1.29 is 4.74 Å². The number of nitrogens with zero attached hydrogens (tertiary/aromatic N) is 2. The second kappa shape index (κ2) is 4.20. The SMILES string of the molecule is CN(C#N)CC1CCCOC1. The first-order chi connectivity index (χ1) is 5.33. The van der Waals surface area contributed by atoms with Crippen LogP contribution in [0.1, 0.15) is 12.8 Å². The fourth-order valence-electron chi connectivity index (χ4n) is 1.38. The van der Waals surface area contributed by atoms with Gasteiger partial charge in [0.2, 0.25) is 0 Å². The Morgan fingerprint density at radius 3 is 3.09 bits per heavy atom. The van der Waals surface area contributed by atoms with E-state index in [-0.39, 0.29) is 0 Å². The normalized spacial score (nSPS) is 24.2. The zero-order valence-corrected chi connectivity index (χ0v) is 6.92. The Hall–Kier alpha value is -0.750. The van der Waals surface area contributed by atoms with Gasteiger partial charge in [0.05, 0.1) is 6.61 Å². The average Bonchev–Trinajstić information content (AvgIpc) is 2.06. The zero-order valence-electron chi connectivity index (χ0n) is 6.92. The molecule has 1 atom stereocenters. The van der Waals surface area contributed by atoms with Gasteiger partial charge in [0, 0.05) is 26.1 Å². The van der Waals surface area contributed by atoms with Crippen LogP contribution in [-0.4, -0.2) is 31.7 Å². The molecule has 0 amide bonds. The van der Waals surface area contributed by atoms with E-state index in [1.165, 1.54) is 6.42 Å². The predicted octanol–water partition coefficient (Wildman–Crippen LogP) is 0.826. The molecule has 1 unspecified atom stereocenters. The number of nitriles is 1. The molecule has 0 aliphatic carbocycles. The van der Waals surface area contributed by atoms with E-state index in [9.17, 15) is 0 Å². The van der Waals surface area contributed by atoms with Gasteiger partial charge in [0.1, 0.15) is 0 Å². The minimum absolute atomic E-state index is 0.563. The van der Waals surface area contributed by atoms with E-state index in [0.29, 0.717) is 5.92 Å². The fourth-order valence-corrected chi connectivity index (χ4v) is 1.38. The molecule has 0 aromatic rings. The van der Waals surface area contributed by atoms with Crippen molar-refractivity contribution in [1.29, 1.82) is 5.26 Å². The quantitative estimate of drug-likeness (QED) is 0.436. The molecule has 1 heterocycles. The summed E-state index contributed by atoms with van der Waals surface area (Å²) in [5.74, 6) is 0.563. The van der Waals surface area contributed by atoms with Gasteiger partial charge in [0.25, 0.3) is 0 Å². The predicted molar refractivity (Wildman–Crippen MR) is 41.8 cm³/mol. The van der Waals surface area contributed by atoms with Crippen molar-refractivity contribution in [2.75, 3.05) is 26.8 Å². The van der Waals surface area contributed by atoms with Crippen molar-refractivity contribution in [3.63, 3.8) is 0 Å². The lowest BCUT2D eigenvalue weighted by atomic mass is 10.0. The van der Waals surface area contributed by atoms with Crippen molar-refractivity contribution in [2.24, 2.45) is 5.92 Å². The standard InChI is InChI=1S/C8H14N2O/c1-10(7-9)5-8-3-2-4-11-6-8/h8H,2-6H2,1H3. The Kier molecular flexibility index (Phi) is 3.18. The maximum atomic E-state index is 8.50. The smallest absolute Gasteiger partial charge is 0.179 e. The van der Waals surface area contributed by atoms with Crippen molar-refractivity contribution >= 4 is 0 Å². The van der Waals surface area contributed by atoms with Gasteiger partial charge in [-0.2, -0.15) is 5.26 Å². The summed E-state index contributed by atoms with van der Waals surface area (Å²) in [4.78, 5) is 1.67. The Morgan fingerprint density at radius 1 is 1.73 bits per heavy atom. The van der Waals surface area contributed by atoms with Gasteiger partial charge in [-0.15, -0.1) is 0 Å². The monoisotopic (exact) mass is 154 g/mol. The van der Waals surface area contributed by atoms with Gasteiger partial charge in [-0.05, 0) is 12.8 Å². The van der Waals surface area contributed by atoms with E-state index in [2.05, 4.69) is 6.19 Å². The van der Waals surface area contributed by atoms with Crippen LogP contribution in [0.5, 0.6) is 0 Å². The highest BCUT2D eigenvalue weighted by molar-refractivity contribution is 4.74. The molecule has 3 heteroatoms. The lowest BCUT2D eigenvalue weighted by Crippen LogP contribution is -2.28. The van der Waals surface area contributed by atoms with Crippen LogP contribution in [0.25, 0.3) is 0 Å². The van der Waals surface area contributed by atoms with Crippen LogP contribution in [0.3, 0.4) is 0 Å². The molecule has 0 bridgehead atoms. The molecule has 1 aliphatic heterocycles. The van der Waals surface area contributed by atoms with Crippen molar-refractivity contribution in [1.82, 2.24) is 4.90 Å². The third kappa shape index (κ3) is 2.77. The summed E-state index contributed by atoms with van der Waals surface area (Å²) < 4.78 is 5.29. The molecule has 0 spiro atoms. The van der Waals surface area contributed by atoms with Gasteiger partial charge in [-0.1, -0.05) is 0 Å². The highest BCUT2D eigenvalue weighted by atomic mass is 16.5. The van der Waals surface area contributed by atoms with Gasteiger partial charge in [0.15, 0.2) is 6.19 Å². The zero-order chi connectivity index (χ0) is 8.10. The molecule has 1 fully saturated rings. The first-order valence-electron chi connectivity index (χ1n) is 4.01. The van der Waals surface area contributed by atoms with Crippen LogP contribution in [0, 0.1) is 17.4 Å². The van der Waals surface area contributed by atoms with Crippen LogP contribution in [-0.2, 0) is 4.74 Å². The Balaban J connectivity index is 2.20. The number of hydrogen-bond acceptors (Lipinski definition) is 3. The topological polar surface area (TPSA) is 36.3 Å². The van der Waals surface area contributed by atoms with Crippen LogP contribution in [0.2, 0.25) is 0 Å². The van der Waals surface area contributed by atoms with Crippen LogP contribution < -0.4 is 0 Å². The molecule has 0 aromatic heterocycles. The fraction of sp³-hybridized carbons (Fsp3) is 0.875. The van der Waals surface area contributed by atoms with Gasteiger partial charge < -0.3 is 9.64 Å². The average molecular weight is 154 g/mol. The second-order valence-corrected chi connectivity index (χ2v) is 3.06. The van der Waals surface area contributed by atoms with E-state index in [1.54, 1.807) is 4.90 Å². The summed E-state index contributed by atoms with van der Waals surface area (Å²) in [6.07, 6.45) is 4.43. The van der Waals surface area contributed by atoms with Crippen LogP contribution in [0.15, 0.2) is 0 Å².